The summed E-state index contributed by atoms with van der Waals surface area (Å²) in [5, 5.41) is 3.01. The summed E-state index contributed by atoms with van der Waals surface area (Å²) in [6, 6.07) is 11.6. The fraction of sp³-hybridized carbons (Fsp3) is 0.381. The van der Waals surface area contributed by atoms with Crippen LogP contribution in [0.25, 0.3) is 0 Å². The molecular weight excluding hydrogens is 396 g/mol. The average Bonchev–Trinajstić information content (AvgIpc) is 2.59. The second-order valence-corrected chi connectivity index (χ2v) is 9.06. The van der Waals surface area contributed by atoms with Crippen molar-refractivity contribution in [2.24, 2.45) is 5.73 Å². The van der Waals surface area contributed by atoms with Crippen molar-refractivity contribution in [3.8, 4) is 0 Å². The second-order valence-electron chi connectivity index (χ2n) is 7.04. The van der Waals surface area contributed by atoms with Crippen molar-refractivity contribution >= 4 is 28.2 Å². The Morgan fingerprint density at radius 2 is 1.82 bits per heavy atom. The van der Waals surface area contributed by atoms with Crippen LogP contribution in [0.3, 0.4) is 0 Å². The molecule has 0 fully saturated rings. The zero-order valence-corrected chi connectivity index (χ0v) is 18.4. The lowest BCUT2D eigenvalue weighted by atomic mass is 9.93. The molecule has 0 spiro atoms. The molecule has 2 atom stereocenters. The molecule has 5 nitrogen and oxygen atoms in total. The van der Waals surface area contributed by atoms with E-state index in [4.69, 9.17) is 5.73 Å². The Labute approximate surface area is 174 Å². The molecule has 28 heavy (non-hydrogen) atoms. The van der Waals surface area contributed by atoms with Gasteiger partial charge in [-0.15, -0.1) is 12.4 Å². The average molecular weight is 425 g/mol. The Hall–Kier alpha value is -1.89. The third-order valence-corrected chi connectivity index (χ3v) is 5.69. The van der Waals surface area contributed by atoms with Gasteiger partial charge in [0.05, 0.1) is 17.0 Å². The van der Waals surface area contributed by atoms with Gasteiger partial charge in [-0.2, -0.15) is 0 Å². The quantitative estimate of drug-likeness (QED) is 0.712. The van der Waals surface area contributed by atoms with Gasteiger partial charge in [-0.1, -0.05) is 49.2 Å². The van der Waals surface area contributed by atoms with Crippen molar-refractivity contribution in [1.29, 1.82) is 0 Å². The standard InChI is InChI=1S/C21H28N2O3S.ClH/c1-5-7-19(22)21(24)23-20(18-11-10-14(2)12-15(18)3)16-8-6-9-17(13-16)27(4,25)26;/h6,8-13,19-20H,5,7,22H2,1-4H3,(H,23,24);1H. The smallest absolute Gasteiger partial charge is 0.237 e. The molecule has 1 amide bonds. The van der Waals surface area contributed by atoms with Crippen LogP contribution >= 0.6 is 12.4 Å². The number of benzene rings is 2. The van der Waals surface area contributed by atoms with E-state index in [1.54, 1.807) is 18.2 Å². The van der Waals surface area contributed by atoms with E-state index in [9.17, 15) is 13.2 Å². The molecule has 0 saturated heterocycles. The predicted molar refractivity (Wildman–Crippen MR) is 116 cm³/mol. The highest BCUT2D eigenvalue weighted by Gasteiger charge is 2.23. The van der Waals surface area contributed by atoms with E-state index >= 15 is 0 Å². The Balaban J connectivity index is 0.00000392. The van der Waals surface area contributed by atoms with Gasteiger partial charge in [-0.05, 0) is 49.1 Å². The van der Waals surface area contributed by atoms with Crippen LogP contribution in [-0.4, -0.2) is 26.6 Å². The van der Waals surface area contributed by atoms with Crippen molar-refractivity contribution in [2.45, 2.75) is 50.6 Å². The molecule has 0 bridgehead atoms. The minimum absolute atomic E-state index is 0. The number of nitrogens with one attached hydrogen (secondary N) is 1. The summed E-state index contributed by atoms with van der Waals surface area (Å²) >= 11 is 0. The molecule has 2 aromatic rings. The summed E-state index contributed by atoms with van der Waals surface area (Å²) in [7, 11) is -3.35. The monoisotopic (exact) mass is 424 g/mol. The maximum Gasteiger partial charge on any atom is 0.237 e. The molecule has 0 aliphatic heterocycles. The van der Waals surface area contributed by atoms with Crippen LogP contribution in [0.2, 0.25) is 0 Å². The number of aryl methyl sites for hydroxylation is 2. The molecular formula is C21H29ClN2O3S. The Morgan fingerprint density at radius 1 is 1.14 bits per heavy atom. The number of hydrogen-bond donors (Lipinski definition) is 2. The topological polar surface area (TPSA) is 89.3 Å². The van der Waals surface area contributed by atoms with Gasteiger partial charge in [0.2, 0.25) is 5.91 Å². The normalized spacial score (nSPS) is 13.3. The van der Waals surface area contributed by atoms with E-state index in [0.29, 0.717) is 12.0 Å². The van der Waals surface area contributed by atoms with Crippen LogP contribution in [0.4, 0.5) is 0 Å². The molecule has 0 aromatic heterocycles. The van der Waals surface area contributed by atoms with E-state index in [1.165, 1.54) is 6.26 Å². The Bertz CT molecular complexity index is 929. The molecule has 2 aromatic carbocycles. The Morgan fingerprint density at radius 3 is 2.39 bits per heavy atom. The first-order chi connectivity index (χ1) is 12.6. The van der Waals surface area contributed by atoms with Crippen molar-refractivity contribution in [3.63, 3.8) is 0 Å². The number of hydrogen-bond acceptors (Lipinski definition) is 4. The fourth-order valence-electron chi connectivity index (χ4n) is 3.11. The van der Waals surface area contributed by atoms with Crippen LogP contribution in [0.5, 0.6) is 0 Å². The first kappa shape index (κ1) is 24.1. The van der Waals surface area contributed by atoms with Gasteiger partial charge in [0.1, 0.15) is 0 Å². The van der Waals surface area contributed by atoms with Crippen LogP contribution in [-0.2, 0) is 14.6 Å². The minimum Gasteiger partial charge on any atom is -0.344 e. The maximum absolute atomic E-state index is 12.6. The third-order valence-electron chi connectivity index (χ3n) is 4.58. The molecule has 3 N–H and O–H groups in total. The highest BCUT2D eigenvalue weighted by Crippen LogP contribution is 2.27. The van der Waals surface area contributed by atoms with Gasteiger partial charge in [-0.3, -0.25) is 4.79 Å². The fourth-order valence-corrected chi connectivity index (χ4v) is 3.78. The number of carbonyl (C=O) groups excluding carboxylic acids is 1. The highest BCUT2D eigenvalue weighted by molar-refractivity contribution is 7.90. The molecule has 154 valence electrons. The van der Waals surface area contributed by atoms with E-state index in [1.807, 2.05) is 45.0 Å². The third kappa shape index (κ3) is 6.06. The first-order valence-electron chi connectivity index (χ1n) is 9.06. The van der Waals surface area contributed by atoms with Crippen LogP contribution < -0.4 is 11.1 Å². The van der Waals surface area contributed by atoms with Gasteiger partial charge in [-0.25, -0.2) is 8.42 Å². The van der Waals surface area contributed by atoms with E-state index < -0.39 is 21.9 Å². The summed E-state index contributed by atoms with van der Waals surface area (Å²) in [5.41, 5.74) is 9.76. The second kappa shape index (κ2) is 10.0. The summed E-state index contributed by atoms with van der Waals surface area (Å²) in [6.45, 7) is 5.96. The molecule has 0 aliphatic rings. The number of sulfone groups is 1. The highest BCUT2D eigenvalue weighted by atomic mass is 35.5. The molecule has 0 radical (unpaired) electrons. The SMILES string of the molecule is CCCC(N)C(=O)NC(c1cccc(S(C)(=O)=O)c1)c1ccc(C)cc1C.Cl. The summed E-state index contributed by atoms with van der Waals surface area (Å²) in [4.78, 5) is 12.8. The molecule has 2 rings (SSSR count). The van der Waals surface area contributed by atoms with Crippen LogP contribution in [0.15, 0.2) is 47.4 Å². The van der Waals surface area contributed by atoms with Gasteiger partial charge < -0.3 is 11.1 Å². The molecule has 7 heteroatoms. The van der Waals surface area contributed by atoms with Gasteiger partial charge in [0, 0.05) is 6.26 Å². The van der Waals surface area contributed by atoms with E-state index in [0.717, 1.165) is 23.1 Å². The van der Waals surface area contributed by atoms with Crippen LogP contribution in [0.1, 0.15) is 48.1 Å². The summed E-state index contributed by atoms with van der Waals surface area (Å²) in [5.74, 6) is -0.244. The lowest BCUT2D eigenvalue weighted by molar-refractivity contribution is -0.123. The number of nitrogens with two attached hydrogens (primary N) is 1. The minimum atomic E-state index is -3.35. The van der Waals surface area contributed by atoms with Gasteiger partial charge >= 0.3 is 0 Å². The molecule has 0 saturated carbocycles. The molecule has 0 heterocycles. The van der Waals surface area contributed by atoms with E-state index in [2.05, 4.69) is 5.32 Å². The molecule has 2 unspecified atom stereocenters. The maximum atomic E-state index is 12.6. The van der Waals surface area contributed by atoms with Crippen molar-refractivity contribution in [2.75, 3.05) is 6.26 Å². The predicted octanol–water partition coefficient (Wildman–Crippen LogP) is 3.46. The number of rotatable bonds is 7. The Kier molecular flexibility index (Phi) is 8.67. The zero-order chi connectivity index (χ0) is 20.2. The van der Waals surface area contributed by atoms with Crippen molar-refractivity contribution in [1.82, 2.24) is 5.32 Å². The van der Waals surface area contributed by atoms with Crippen LogP contribution in [0, 0.1) is 13.8 Å². The number of halogens is 1. The van der Waals surface area contributed by atoms with Gasteiger partial charge in [0.25, 0.3) is 0 Å². The largest absolute Gasteiger partial charge is 0.344 e. The van der Waals surface area contributed by atoms with E-state index in [-0.39, 0.29) is 23.2 Å². The summed E-state index contributed by atoms with van der Waals surface area (Å²) in [6.07, 6.45) is 2.58. The van der Waals surface area contributed by atoms with Crippen molar-refractivity contribution < 1.29 is 13.2 Å². The van der Waals surface area contributed by atoms with Gasteiger partial charge in [0.15, 0.2) is 9.84 Å². The van der Waals surface area contributed by atoms with Crippen molar-refractivity contribution in [3.05, 3.63) is 64.7 Å². The first-order valence-corrected chi connectivity index (χ1v) is 11.0. The lowest BCUT2D eigenvalue weighted by Gasteiger charge is -2.24. The zero-order valence-electron chi connectivity index (χ0n) is 16.7. The lowest BCUT2D eigenvalue weighted by Crippen LogP contribution is -2.42. The number of amides is 1. The summed E-state index contributed by atoms with van der Waals surface area (Å²) < 4.78 is 23.9. The number of carbonyl (C=O) groups is 1. The molecule has 0 aliphatic carbocycles.